The summed E-state index contributed by atoms with van der Waals surface area (Å²) in [7, 11) is 0. The van der Waals surface area contributed by atoms with Crippen molar-refractivity contribution < 1.29 is 13.9 Å². The molecule has 0 radical (unpaired) electrons. The molecule has 1 spiro atoms. The van der Waals surface area contributed by atoms with Gasteiger partial charge in [0, 0.05) is 11.5 Å². The lowest BCUT2D eigenvalue weighted by atomic mass is 9.74. The highest BCUT2D eigenvalue weighted by molar-refractivity contribution is 6.06. The zero-order chi connectivity index (χ0) is 13.9. The molecule has 4 heteroatoms. The van der Waals surface area contributed by atoms with Crippen molar-refractivity contribution in [2.45, 2.75) is 37.9 Å². The molecule has 0 saturated carbocycles. The molecule has 3 aliphatic rings. The SMILES string of the molecule is C[C@@H]1CC2=CCCC2[C@]2(O1)C(=O)Nc1c(F)cccc12. The monoisotopic (exact) mass is 273 g/mol. The molecule has 0 bridgehead atoms. The fourth-order valence-electron chi connectivity index (χ4n) is 3.98. The molecule has 1 N–H and O–H groups in total. The number of nitrogens with one attached hydrogen (secondary N) is 1. The second kappa shape index (κ2) is 3.92. The highest BCUT2D eigenvalue weighted by Gasteiger charge is 2.58. The van der Waals surface area contributed by atoms with Crippen molar-refractivity contribution in [3.05, 3.63) is 41.2 Å². The number of carbonyl (C=O) groups excluding carboxylic acids is 1. The number of carbonyl (C=O) groups is 1. The number of benzene rings is 1. The van der Waals surface area contributed by atoms with Gasteiger partial charge in [0.25, 0.3) is 5.91 Å². The molecule has 3 nitrogen and oxygen atoms in total. The molecule has 1 amide bonds. The van der Waals surface area contributed by atoms with Crippen molar-refractivity contribution in [3.63, 3.8) is 0 Å². The van der Waals surface area contributed by atoms with Gasteiger partial charge in [-0.1, -0.05) is 23.8 Å². The topological polar surface area (TPSA) is 38.3 Å². The first kappa shape index (κ1) is 12.1. The number of anilines is 1. The van der Waals surface area contributed by atoms with Gasteiger partial charge < -0.3 is 10.1 Å². The fourth-order valence-corrected chi connectivity index (χ4v) is 3.98. The highest BCUT2D eigenvalue weighted by atomic mass is 19.1. The summed E-state index contributed by atoms with van der Waals surface area (Å²) >= 11 is 0. The Morgan fingerprint density at radius 3 is 3.15 bits per heavy atom. The Bertz CT molecular complexity index is 639. The van der Waals surface area contributed by atoms with Crippen molar-refractivity contribution in [1.82, 2.24) is 0 Å². The third-order valence-electron chi connectivity index (χ3n) is 4.70. The van der Waals surface area contributed by atoms with Gasteiger partial charge in [-0.3, -0.25) is 4.79 Å². The largest absolute Gasteiger partial charge is 0.356 e. The van der Waals surface area contributed by atoms with Crippen LogP contribution in [0.25, 0.3) is 0 Å². The molecule has 0 aromatic heterocycles. The molecule has 1 fully saturated rings. The van der Waals surface area contributed by atoms with E-state index in [0.29, 0.717) is 5.56 Å². The van der Waals surface area contributed by atoms with E-state index in [2.05, 4.69) is 11.4 Å². The van der Waals surface area contributed by atoms with Crippen LogP contribution in [0.15, 0.2) is 29.8 Å². The van der Waals surface area contributed by atoms with Gasteiger partial charge >= 0.3 is 0 Å². The van der Waals surface area contributed by atoms with E-state index in [0.717, 1.165) is 19.3 Å². The molecule has 1 unspecified atom stereocenters. The highest BCUT2D eigenvalue weighted by Crippen LogP contribution is 2.54. The zero-order valence-electron chi connectivity index (χ0n) is 11.3. The summed E-state index contributed by atoms with van der Waals surface area (Å²) in [5.74, 6) is -0.568. The minimum atomic E-state index is -1.03. The minimum absolute atomic E-state index is 0.0319. The van der Waals surface area contributed by atoms with Crippen molar-refractivity contribution >= 4 is 11.6 Å². The maximum Gasteiger partial charge on any atom is 0.262 e. The molecule has 1 aliphatic carbocycles. The van der Waals surface area contributed by atoms with Gasteiger partial charge in [0.1, 0.15) is 5.82 Å². The predicted octanol–water partition coefficient (Wildman–Crippen LogP) is 3.12. The molecule has 1 saturated heterocycles. The number of ether oxygens (including phenoxy) is 1. The molecule has 1 aromatic carbocycles. The average Bonchev–Trinajstić information content (AvgIpc) is 2.97. The van der Waals surface area contributed by atoms with Crippen molar-refractivity contribution in [3.8, 4) is 0 Å². The Balaban J connectivity index is 1.94. The maximum atomic E-state index is 14.0. The summed E-state index contributed by atoms with van der Waals surface area (Å²) in [5.41, 5.74) is 1.21. The van der Waals surface area contributed by atoms with Crippen molar-refractivity contribution in [2.75, 3.05) is 5.32 Å². The standard InChI is InChI=1S/C16H16FNO2/c1-9-8-10-4-2-5-11(10)16(20-9)12-6-3-7-13(17)14(12)18-15(16)19/h3-4,6-7,9,11H,2,5,8H2,1H3,(H,18,19)/t9-,11?,16-/m1/s1. The molecular weight excluding hydrogens is 257 g/mol. The number of allylic oxidation sites excluding steroid dienone is 1. The van der Waals surface area contributed by atoms with E-state index in [-0.39, 0.29) is 23.6 Å². The Kier molecular flexibility index (Phi) is 2.37. The second-order valence-corrected chi connectivity index (χ2v) is 5.89. The van der Waals surface area contributed by atoms with Crippen LogP contribution in [0.3, 0.4) is 0 Å². The van der Waals surface area contributed by atoms with E-state index in [1.165, 1.54) is 11.6 Å². The lowest BCUT2D eigenvalue weighted by Gasteiger charge is -2.42. The van der Waals surface area contributed by atoms with E-state index < -0.39 is 11.4 Å². The minimum Gasteiger partial charge on any atom is -0.356 e. The van der Waals surface area contributed by atoms with Crippen molar-refractivity contribution in [1.29, 1.82) is 0 Å². The molecule has 2 aliphatic heterocycles. The van der Waals surface area contributed by atoms with E-state index in [9.17, 15) is 9.18 Å². The third kappa shape index (κ3) is 1.35. The van der Waals surface area contributed by atoms with Gasteiger partial charge in [-0.15, -0.1) is 0 Å². The van der Waals surface area contributed by atoms with Crippen LogP contribution in [0.1, 0.15) is 31.7 Å². The summed E-state index contributed by atoms with van der Waals surface area (Å²) in [6.07, 6.45) is 4.91. The molecular formula is C16H16FNO2. The van der Waals surface area contributed by atoms with Gasteiger partial charge in [-0.2, -0.15) is 0 Å². The Hall–Kier alpha value is -1.68. The number of hydrogen-bond donors (Lipinski definition) is 1. The molecule has 3 atom stereocenters. The van der Waals surface area contributed by atoms with Crippen LogP contribution in [0.5, 0.6) is 0 Å². The average molecular weight is 273 g/mol. The number of amides is 1. The van der Waals surface area contributed by atoms with Gasteiger partial charge in [0.05, 0.1) is 11.8 Å². The predicted molar refractivity (Wildman–Crippen MR) is 72.7 cm³/mol. The lowest BCUT2D eigenvalue weighted by Crippen LogP contribution is -2.49. The summed E-state index contributed by atoms with van der Waals surface area (Å²) in [6.45, 7) is 1.97. The van der Waals surface area contributed by atoms with Gasteiger partial charge in [-0.05, 0) is 32.3 Å². The Labute approximate surface area is 116 Å². The normalized spacial score (nSPS) is 34.7. The number of para-hydroxylation sites is 1. The Morgan fingerprint density at radius 2 is 2.30 bits per heavy atom. The second-order valence-electron chi connectivity index (χ2n) is 5.89. The van der Waals surface area contributed by atoms with E-state index in [1.807, 2.05) is 13.0 Å². The van der Waals surface area contributed by atoms with Crippen LogP contribution in [0.2, 0.25) is 0 Å². The van der Waals surface area contributed by atoms with Crippen molar-refractivity contribution in [2.24, 2.45) is 5.92 Å². The quantitative estimate of drug-likeness (QED) is 0.738. The third-order valence-corrected chi connectivity index (χ3v) is 4.70. The first-order chi connectivity index (χ1) is 9.63. The van der Waals surface area contributed by atoms with E-state index in [1.54, 1.807) is 6.07 Å². The fraction of sp³-hybridized carbons (Fsp3) is 0.438. The maximum absolute atomic E-state index is 14.0. The van der Waals surface area contributed by atoms with Crippen LogP contribution in [0, 0.1) is 11.7 Å². The molecule has 1 aromatic rings. The Morgan fingerprint density at radius 1 is 1.45 bits per heavy atom. The number of rotatable bonds is 0. The number of hydrogen-bond acceptors (Lipinski definition) is 2. The first-order valence-corrected chi connectivity index (χ1v) is 7.10. The van der Waals surface area contributed by atoms with E-state index in [4.69, 9.17) is 4.74 Å². The van der Waals surface area contributed by atoms with Crippen LogP contribution < -0.4 is 5.32 Å². The summed E-state index contributed by atoms with van der Waals surface area (Å²) < 4.78 is 20.1. The zero-order valence-corrected chi connectivity index (χ0v) is 11.3. The molecule has 2 heterocycles. The summed E-state index contributed by atoms with van der Waals surface area (Å²) in [6, 6.07) is 4.83. The molecule has 4 rings (SSSR count). The smallest absolute Gasteiger partial charge is 0.262 e. The van der Waals surface area contributed by atoms with Crippen LogP contribution >= 0.6 is 0 Å². The lowest BCUT2D eigenvalue weighted by molar-refractivity contribution is -0.165. The number of fused-ring (bicyclic) bond motifs is 4. The van der Waals surface area contributed by atoms with Crippen LogP contribution in [-0.4, -0.2) is 12.0 Å². The van der Waals surface area contributed by atoms with E-state index >= 15 is 0 Å². The molecule has 20 heavy (non-hydrogen) atoms. The number of halogens is 1. The van der Waals surface area contributed by atoms with Gasteiger partial charge in [0.15, 0.2) is 5.60 Å². The van der Waals surface area contributed by atoms with Crippen LogP contribution in [0.4, 0.5) is 10.1 Å². The first-order valence-electron chi connectivity index (χ1n) is 7.10. The summed E-state index contributed by atoms with van der Waals surface area (Å²) in [5, 5.41) is 2.69. The molecule has 104 valence electrons. The summed E-state index contributed by atoms with van der Waals surface area (Å²) in [4.78, 5) is 12.6. The van der Waals surface area contributed by atoms with Crippen LogP contribution in [-0.2, 0) is 15.1 Å². The van der Waals surface area contributed by atoms with Gasteiger partial charge in [-0.25, -0.2) is 4.39 Å². The van der Waals surface area contributed by atoms with Gasteiger partial charge in [0.2, 0.25) is 0 Å².